The standard InChI is InChI=1S/C13H12BrNO/c14-8-13(16)12-6-7-15(10-12)9-11-4-2-1-3-5-11/h1-7,10H,8-9H2. The lowest BCUT2D eigenvalue weighted by atomic mass is 10.2. The Labute approximate surface area is 103 Å². The van der Waals surface area contributed by atoms with Crippen LogP contribution < -0.4 is 0 Å². The van der Waals surface area contributed by atoms with Crippen LogP contribution in [-0.2, 0) is 6.54 Å². The Kier molecular flexibility index (Phi) is 3.57. The van der Waals surface area contributed by atoms with Crippen LogP contribution in [-0.4, -0.2) is 15.7 Å². The van der Waals surface area contributed by atoms with Gasteiger partial charge in [0.25, 0.3) is 0 Å². The number of nitrogens with zero attached hydrogens (tertiary/aromatic N) is 1. The predicted molar refractivity (Wildman–Crippen MR) is 68.1 cm³/mol. The zero-order valence-corrected chi connectivity index (χ0v) is 10.4. The Morgan fingerprint density at radius 1 is 1.19 bits per heavy atom. The van der Waals surface area contributed by atoms with Gasteiger partial charge in [0.2, 0.25) is 0 Å². The summed E-state index contributed by atoms with van der Waals surface area (Å²) >= 11 is 3.17. The molecule has 1 aromatic heterocycles. The first-order chi connectivity index (χ1) is 7.79. The molecule has 0 atom stereocenters. The second kappa shape index (κ2) is 5.12. The molecule has 0 aliphatic carbocycles. The number of rotatable bonds is 4. The van der Waals surface area contributed by atoms with E-state index in [0.29, 0.717) is 5.33 Å². The number of carbonyl (C=O) groups is 1. The van der Waals surface area contributed by atoms with E-state index >= 15 is 0 Å². The number of hydrogen-bond donors (Lipinski definition) is 0. The number of carbonyl (C=O) groups excluding carboxylic acids is 1. The van der Waals surface area contributed by atoms with Crippen molar-refractivity contribution in [3.63, 3.8) is 0 Å². The summed E-state index contributed by atoms with van der Waals surface area (Å²) in [5, 5.41) is 0.377. The maximum atomic E-state index is 11.4. The van der Waals surface area contributed by atoms with E-state index < -0.39 is 0 Å². The first-order valence-corrected chi connectivity index (χ1v) is 6.20. The molecule has 0 radical (unpaired) electrons. The van der Waals surface area contributed by atoms with Crippen LogP contribution in [0.5, 0.6) is 0 Å². The van der Waals surface area contributed by atoms with Gasteiger partial charge in [-0.2, -0.15) is 0 Å². The van der Waals surface area contributed by atoms with Gasteiger partial charge in [-0.15, -0.1) is 0 Å². The molecule has 82 valence electrons. The monoisotopic (exact) mass is 277 g/mol. The molecule has 0 saturated heterocycles. The Balaban J connectivity index is 2.12. The van der Waals surface area contributed by atoms with Gasteiger partial charge in [-0.1, -0.05) is 46.3 Å². The molecule has 1 aromatic carbocycles. The molecule has 0 saturated carbocycles. The number of ketones is 1. The first kappa shape index (κ1) is 11.1. The van der Waals surface area contributed by atoms with E-state index in [1.807, 2.05) is 41.2 Å². The molecule has 2 rings (SSSR count). The average molecular weight is 278 g/mol. The second-order valence-electron chi connectivity index (χ2n) is 3.61. The van der Waals surface area contributed by atoms with Gasteiger partial charge in [-0.3, -0.25) is 4.79 Å². The number of benzene rings is 1. The fourth-order valence-corrected chi connectivity index (χ4v) is 1.90. The molecule has 2 nitrogen and oxygen atoms in total. The largest absolute Gasteiger partial charge is 0.349 e. The lowest BCUT2D eigenvalue weighted by Gasteiger charge is -2.02. The van der Waals surface area contributed by atoms with Crippen molar-refractivity contribution in [2.45, 2.75) is 6.54 Å². The minimum Gasteiger partial charge on any atom is -0.349 e. The molecule has 0 aliphatic rings. The third kappa shape index (κ3) is 2.61. The summed E-state index contributed by atoms with van der Waals surface area (Å²) in [7, 11) is 0. The molecule has 0 fully saturated rings. The Morgan fingerprint density at radius 3 is 2.62 bits per heavy atom. The Bertz CT molecular complexity index is 476. The highest BCUT2D eigenvalue weighted by atomic mass is 79.9. The lowest BCUT2D eigenvalue weighted by Crippen LogP contribution is -1.99. The van der Waals surface area contributed by atoms with Crippen molar-refractivity contribution in [2.24, 2.45) is 0 Å². The van der Waals surface area contributed by atoms with Crippen LogP contribution in [0.3, 0.4) is 0 Å². The summed E-state index contributed by atoms with van der Waals surface area (Å²) in [4.78, 5) is 11.4. The summed E-state index contributed by atoms with van der Waals surface area (Å²) in [6, 6.07) is 12.0. The minimum atomic E-state index is 0.117. The third-order valence-corrected chi connectivity index (χ3v) is 2.91. The molecule has 0 bridgehead atoms. The van der Waals surface area contributed by atoms with Gasteiger partial charge in [0.1, 0.15) is 0 Å². The van der Waals surface area contributed by atoms with E-state index in [-0.39, 0.29) is 5.78 Å². The summed E-state index contributed by atoms with van der Waals surface area (Å²) in [5.41, 5.74) is 1.99. The van der Waals surface area contributed by atoms with Crippen LogP contribution >= 0.6 is 15.9 Å². The number of hydrogen-bond acceptors (Lipinski definition) is 1. The maximum absolute atomic E-state index is 11.4. The second-order valence-corrected chi connectivity index (χ2v) is 4.18. The van der Waals surface area contributed by atoms with Crippen LogP contribution in [0.25, 0.3) is 0 Å². The summed E-state index contributed by atoms with van der Waals surface area (Å²) in [5.74, 6) is 0.117. The smallest absolute Gasteiger partial charge is 0.174 e. The van der Waals surface area contributed by atoms with Crippen LogP contribution in [0.15, 0.2) is 48.8 Å². The Morgan fingerprint density at radius 2 is 1.94 bits per heavy atom. The predicted octanol–water partition coefficient (Wildman–Crippen LogP) is 3.11. The fraction of sp³-hybridized carbons (Fsp3) is 0.154. The highest BCUT2D eigenvalue weighted by Crippen LogP contribution is 2.07. The summed E-state index contributed by atoms with van der Waals surface area (Å²) < 4.78 is 2.02. The van der Waals surface area contributed by atoms with Crippen molar-refractivity contribution >= 4 is 21.7 Å². The summed E-state index contributed by atoms with van der Waals surface area (Å²) in [6.07, 6.45) is 3.82. The van der Waals surface area contributed by atoms with Gasteiger partial charge in [0, 0.05) is 24.5 Å². The SMILES string of the molecule is O=C(CBr)c1ccn(Cc2ccccc2)c1. The van der Waals surface area contributed by atoms with E-state index in [1.165, 1.54) is 5.56 Å². The number of aromatic nitrogens is 1. The highest BCUT2D eigenvalue weighted by Gasteiger charge is 2.05. The molecular weight excluding hydrogens is 266 g/mol. The van der Waals surface area contributed by atoms with Gasteiger partial charge in [0.05, 0.1) is 5.33 Å². The molecular formula is C13H12BrNO. The van der Waals surface area contributed by atoms with Crippen LogP contribution in [0.2, 0.25) is 0 Å². The number of Topliss-reactive ketones (excluding diaryl/α,β-unsaturated/α-hetero) is 1. The molecule has 0 N–H and O–H groups in total. The van der Waals surface area contributed by atoms with Gasteiger partial charge >= 0.3 is 0 Å². The first-order valence-electron chi connectivity index (χ1n) is 5.08. The molecule has 3 heteroatoms. The molecule has 2 aromatic rings. The topological polar surface area (TPSA) is 22.0 Å². The van der Waals surface area contributed by atoms with Crippen molar-refractivity contribution in [3.8, 4) is 0 Å². The van der Waals surface area contributed by atoms with E-state index in [0.717, 1.165) is 12.1 Å². The van der Waals surface area contributed by atoms with Crippen molar-refractivity contribution in [1.29, 1.82) is 0 Å². The molecule has 0 aliphatic heterocycles. The normalized spacial score (nSPS) is 10.3. The summed E-state index contributed by atoms with van der Waals surface area (Å²) in [6.45, 7) is 0.802. The van der Waals surface area contributed by atoms with Gasteiger partial charge in [-0.05, 0) is 11.6 Å². The van der Waals surface area contributed by atoms with Gasteiger partial charge in [-0.25, -0.2) is 0 Å². The highest BCUT2D eigenvalue weighted by molar-refractivity contribution is 9.09. The average Bonchev–Trinajstić information content (AvgIpc) is 2.78. The molecule has 1 heterocycles. The maximum Gasteiger partial charge on any atom is 0.174 e. The fourth-order valence-electron chi connectivity index (χ4n) is 1.58. The van der Waals surface area contributed by atoms with Crippen LogP contribution in [0.1, 0.15) is 15.9 Å². The Hall–Kier alpha value is -1.35. The van der Waals surface area contributed by atoms with Gasteiger partial charge < -0.3 is 4.57 Å². The van der Waals surface area contributed by atoms with Crippen molar-refractivity contribution in [1.82, 2.24) is 4.57 Å². The van der Waals surface area contributed by atoms with Crippen molar-refractivity contribution < 1.29 is 4.79 Å². The van der Waals surface area contributed by atoms with E-state index in [1.54, 1.807) is 0 Å². The number of halogens is 1. The lowest BCUT2D eigenvalue weighted by molar-refractivity contribution is 0.102. The van der Waals surface area contributed by atoms with Crippen molar-refractivity contribution in [2.75, 3.05) is 5.33 Å². The van der Waals surface area contributed by atoms with Crippen molar-refractivity contribution in [3.05, 3.63) is 59.9 Å². The quantitative estimate of drug-likeness (QED) is 0.622. The third-order valence-electron chi connectivity index (χ3n) is 2.40. The van der Waals surface area contributed by atoms with E-state index in [4.69, 9.17) is 0 Å². The van der Waals surface area contributed by atoms with E-state index in [9.17, 15) is 4.79 Å². The number of alkyl halides is 1. The van der Waals surface area contributed by atoms with Crippen LogP contribution in [0, 0.1) is 0 Å². The molecule has 0 spiro atoms. The molecule has 0 unspecified atom stereocenters. The minimum absolute atomic E-state index is 0.117. The molecule has 0 amide bonds. The molecule has 16 heavy (non-hydrogen) atoms. The zero-order valence-electron chi connectivity index (χ0n) is 8.77. The zero-order chi connectivity index (χ0) is 11.4. The van der Waals surface area contributed by atoms with E-state index in [2.05, 4.69) is 28.1 Å². The van der Waals surface area contributed by atoms with Gasteiger partial charge in [0.15, 0.2) is 5.78 Å². The van der Waals surface area contributed by atoms with Crippen LogP contribution in [0.4, 0.5) is 0 Å².